The molecule has 0 aliphatic heterocycles. The summed E-state index contributed by atoms with van der Waals surface area (Å²) < 4.78 is 5.07. The third kappa shape index (κ3) is 2.50. The van der Waals surface area contributed by atoms with Gasteiger partial charge in [-0.3, -0.25) is 9.59 Å². The molecule has 0 radical (unpaired) electrons. The van der Waals surface area contributed by atoms with Crippen LogP contribution in [-0.2, 0) is 27.2 Å². The minimum atomic E-state index is -0.532. The van der Waals surface area contributed by atoms with Crippen molar-refractivity contribution < 1.29 is 14.3 Å². The largest absolute Gasteiger partial charge is 0.465 e. The van der Waals surface area contributed by atoms with Gasteiger partial charge in [-0.15, -0.1) is 0 Å². The molecule has 112 valence electrons. The normalized spacial score (nSPS) is 28.2. The van der Waals surface area contributed by atoms with Crippen LogP contribution in [0.3, 0.4) is 0 Å². The number of esters is 1. The van der Waals surface area contributed by atoms with Gasteiger partial charge in [0.1, 0.15) is 5.92 Å². The van der Waals surface area contributed by atoms with Crippen molar-refractivity contribution in [1.82, 2.24) is 0 Å². The van der Waals surface area contributed by atoms with Crippen molar-refractivity contribution in [2.45, 2.75) is 45.4 Å². The van der Waals surface area contributed by atoms with Crippen LogP contribution in [0.2, 0.25) is 0 Å². The van der Waals surface area contributed by atoms with Gasteiger partial charge >= 0.3 is 5.97 Å². The topological polar surface area (TPSA) is 43.4 Å². The Labute approximate surface area is 125 Å². The fourth-order valence-corrected chi connectivity index (χ4v) is 3.98. The molecule has 2 aliphatic rings. The molecule has 0 bridgehead atoms. The molecule has 2 atom stereocenters. The minimum absolute atomic E-state index is 0.123. The average Bonchev–Trinajstić information content (AvgIpc) is 2.68. The van der Waals surface area contributed by atoms with E-state index in [2.05, 4.69) is 18.2 Å². The Hall–Kier alpha value is -1.64. The number of aryl methyl sites for hydroxylation is 1. The zero-order valence-corrected chi connectivity index (χ0v) is 12.6. The Balaban J connectivity index is 1.86. The average molecular weight is 286 g/mol. The minimum Gasteiger partial charge on any atom is -0.465 e. The van der Waals surface area contributed by atoms with Crippen LogP contribution in [0, 0.1) is 11.3 Å². The van der Waals surface area contributed by atoms with Gasteiger partial charge < -0.3 is 4.74 Å². The number of Topliss-reactive ketones (excluding diaryl/α,β-unsaturated/α-hetero) is 1. The van der Waals surface area contributed by atoms with Crippen molar-refractivity contribution in [3.63, 3.8) is 0 Å². The summed E-state index contributed by atoms with van der Waals surface area (Å²) in [7, 11) is 0. The van der Waals surface area contributed by atoms with Crippen LogP contribution < -0.4 is 0 Å². The molecule has 2 unspecified atom stereocenters. The summed E-state index contributed by atoms with van der Waals surface area (Å²) >= 11 is 0. The molecule has 3 heteroatoms. The second kappa shape index (κ2) is 5.63. The Kier molecular flexibility index (Phi) is 3.83. The molecule has 1 fully saturated rings. The van der Waals surface area contributed by atoms with Crippen LogP contribution in [0.5, 0.6) is 0 Å². The van der Waals surface area contributed by atoms with Gasteiger partial charge in [-0.05, 0) is 56.6 Å². The van der Waals surface area contributed by atoms with Gasteiger partial charge in [0.15, 0.2) is 5.78 Å². The van der Waals surface area contributed by atoms with Crippen molar-refractivity contribution in [3.05, 3.63) is 35.4 Å². The second-order valence-electron chi connectivity index (χ2n) is 6.29. The number of ether oxygens (including phenoxy) is 1. The van der Waals surface area contributed by atoms with E-state index in [9.17, 15) is 9.59 Å². The third-order valence-electron chi connectivity index (χ3n) is 5.07. The van der Waals surface area contributed by atoms with E-state index >= 15 is 0 Å². The summed E-state index contributed by atoms with van der Waals surface area (Å²) in [5.74, 6) is -0.732. The van der Waals surface area contributed by atoms with Crippen molar-refractivity contribution in [2.24, 2.45) is 11.3 Å². The summed E-state index contributed by atoms with van der Waals surface area (Å²) in [6, 6.07) is 8.40. The van der Waals surface area contributed by atoms with Crippen LogP contribution in [-0.4, -0.2) is 18.4 Å². The van der Waals surface area contributed by atoms with Crippen LogP contribution in [0.1, 0.15) is 43.7 Å². The molecule has 0 saturated heterocycles. The summed E-state index contributed by atoms with van der Waals surface area (Å²) in [4.78, 5) is 24.8. The Morgan fingerprint density at radius 2 is 2.05 bits per heavy atom. The standard InChI is InChI=1S/C18H22O3/c1-2-21-17(20)15-9-11-18(16(15)19)10-5-8-13-6-3-4-7-14(13)12-18/h3-4,6-7,15H,2,5,8-12H2,1H3. The number of fused-ring (bicyclic) bond motifs is 1. The molecular formula is C18H22O3. The Morgan fingerprint density at radius 1 is 1.29 bits per heavy atom. The molecule has 21 heavy (non-hydrogen) atoms. The SMILES string of the molecule is CCOC(=O)C1CCC2(CCCc3ccccc3C2)C1=O. The lowest BCUT2D eigenvalue weighted by atomic mass is 9.76. The maximum absolute atomic E-state index is 12.9. The highest BCUT2D eigenvalue weighted by Gasteiger charge is 2.50. The number of carbonyl (C=O) groups is 2. The lowest BCUT2D eigenvalue weighted by Crippen LogP contribution is -2.33. The maximum atomic E-state index is 12.9. The van der Waals surface area contributed by atoms with E-state index in [1.807, 2.05) is 6.07 Å². The third-order valence-corrected chi connectivity index (χ3v) is 5.07. The fourth-order valence-electron chi connectivity index (χ4n) is 3.98. The van der Waals surface area contributed by atoms with Gasteiger partial charge in [-0.1, -0.05) is 24.3 Å². The first-order valence-electron chi connectivity index (χ1n) is 7.94. The summed E-state index contributed by atoms with van der Waals surface area (Å²) in [5.41, 5.74) is 2.32. The van der Waals surface area contributed by atoms with E-state index in [-0.39, 0.29) is 17.2 Å². The summed E-state index contributed by atoms with van der Waals surface area (Å²) in [6.45, 7) is 2.13. The summed E-state index contributed by atoms with van der Waals surface area (Å²) in [5, 5.41) is 0. The number of hydrogen-bond acceptors (Lipinski definition) is 3. The zero-order valence-electron chi connectivity index (χ0n) is 12.6. The first-order valence-corrected chi connectivity index (χ1v) is 7.94. The molecule has 1 saturated carbocycles. The number of benzene rings is 1. The van der Waals surface area contributed by atoms with Crippen molar-refractivity contribution in [1.29, 1.82) is 0 Å². The van der Waals surface area contributed by atoms with Gasteiger partial charge in [-0.25, -0.2) is 0 Å². The summed E-state index contributed by atoms with van der Waals surface area (Å²) in [6.07, 6.45) is 5.23. The van der Waals surface area contributed by atoms with Crippen LogP contribution in [0.15, 0.2) is 24.3 Å². The second-order valence-corrected chi connectivity index (χ2v) is 6.29. The van der Waals surface area contributed by atoms with Gasteiger partial charge in [-0.2, -0.15) is 0 Å². The maximum Gasteiger partial charge on any atom is 0.316 e. The number of hydrogen-bond donors (Lipinski definition) is 0. The molecule has 3 rings (SSSR count). The molecule has 1 aromatic carbocycles. The highest BCUT2D eigenvalue weighted by molar-refractivity contribution is 6.03. The Morgan fingerprint density at radius 3 is 2.81 bits per heavy atom. The van der Waals surface area contributed by atoms with E-state index in [1.54, 1.807) is 6.92 Å². The van der Waals surface area contributed by atoms with Gasteiger partial charge in [0, 0.05) is 5.41 Å². The first-order chi connectivity index (χ1) is 10.2. The van der Waals surface area contributed by atoms with E-state index in [0.717, 1.165) is 32.1 Å². The molecule has 3 nitrogen and oxygen atoms in total. The van der Waals surface area contributed by atoms with Crippen LogP contribution in [0.4, 0.5) is 0 Å². The quantitative estimate of drug-likeness (QED) is 0.620. The number of carbonyl (C=O) groups excluding carboxylic acids is 2. The molecule has 1 spiro atoms. The predicted octanol–water partition coefficient (Wildman–Crippen LogP) is 3.09. The number of rotatable bonds is 2. The van der Waals surface area contributed by atoms with Crippen molar-refractivity contribution in [2.75, 3.05) is 6.61 Å². The lowest BCUT2D eigenvalue weighted by molar-refractivity contribution is -0.151. The van der Waals surface area contributed by atoms with Gasteiger partial charge in [0.25, 0.3) is 0 Å². The van der Waals surface area contributed by atoms with Crippen LogP contribution in [0.25, 0.3) is 0 Å². The zero-order chi connectivity index (χ0) is 14.9. The molecule has 0 heterocycles. The highest BCUT2D eigenvalue weighted by atomic mass is 16.5. The van der Waals surface area contributed by atoms with E-state index in [0.29, 0.717) is 13.0 Å². The molecule has 0 aromatic heterocycles. The van der Waals surface area contributed by atoms with Gasteiger partial charge in [0.2, 0.25) is 0 Å². The van der Waals surface area contributed by atoms with E-state index < -0.39 is 5.92 Å². The molecule has 0 amide bonds. The molecule has 1 aromatic rings. The van der Waals surface area contributed by atoms with E-state index in [4.69, 9.17) is 4.74 Å². The smallest absolute Gasteiger partial charge is 0.316 e. The van der Waals surface area contributed by atoms with Crippen molar-refractivity contribution >= 4 is 11.8 Å². The van der Waals surface area contributed by atoms with E-state index in [1.165, 1.54) is 11.1 Å². The fraction of sp³-hybridized carbons (Fsp3) is 0.556. The Bertz CT molecular complexity index is 563. The number of ketones is 1. The van der Waals surface area contributed by atoms with Crippen molar-refractivity contribution in [3.8, 4) is 0 Å². The van der Waals surface area contributed by atoms with Gasteiger partial charge in [0.05, 0.1) is 6.61 Å². The molecule has 0 N–H and O–H groups in total. The highest BCUT2D eigenvalue weighted by Crippen LogP contribution is 2.47. The van der Waals surface area contributed by atoms with Crippen LogP contribution >= 0.6 is 0 Å². The first kappa shape index (κ1) is 14.3. The molecular weight excluding hydrogens is 264 g/mol. The lowest BCUT2D eigenvalue weighted by Gasteiger charge is -2.26. The predicted molar refractivity (Wildman–Crippen MR) is 79.9 cm³/mol. The molecule has 2 aliphatic carbocycles. The monoisotopic (exact) mass is 286 g/mol.